The summed E-state index contributed by atoms with van der Waals surface area (Å²) in [5, 5.41) is 3.20. The van der Waals surface area contributed by atoms with Gasteiger partial charge in [0.15, 0.2) is 0 Å². The van der Waals surface area contributed by atoms with Crippen molar-refractivity contribution < 1.29 is 4.79 Å². The van der Waals surface area contributed by atoms with Crippen molar-refractivity contribution in [1.82, 2.24) is 10.2 Å². The van der Waals surface area contributed by atoms with Crippen molar-refractivity contribution in [2.75, 3.05) is 13.1 Å². The second-order valence-corrected chi connectivity index (χ2v) is 9.74. The summed E-state index contributed by atoms with van der Waals surface area (Å²) in [6.45, 7) is 9.30. The molecule has 0 spiro atoms. The largest absolute Gasteiger partial charge is 0.351 e. The molecule has 0 aromatic heterocycles. The molecule has 1 N–H and O–H groups in total. The molecule has 1 aliphatic heterocycles. The van der Waals surface area contributed by atoms with E-state index in [1.54, 1.807) is 0 Å². The molecule has 1 amide bonds. The van der Waals surface area contributed by atoms with Crippen LogP contribution in [0, 0.1) is 11.3 Å². The number of rotatable bonds is 4. The highest BCUT2D eigenvalue weighted by Crippen LogP contribution is 2.53. The first-order valence-electron chi connectivity index (χ1n) is 8.64. The lowest BCUT2D eigenvalue weighted by Crippen LogP contribution is -2.52. The van der Waals surface area contributed by atoms with Gasteiger partial charge in [0, 0.05) is 25.7 Å². The fourth-order valence-corrected chi connectivity index (χ4v) is 3.78. The zero-order valence-electron chi connectivity index (χ0n) is 14.6. The number of benzene rings is 1. The first kappa shape index (κ1) is 18.0. The Balaban J connectivity index is 1.64. The molecule has 1 fully saturated rings. The van der Waals surface area contributed by atoms with E-state index in [9.17, 15) is 4.79 Å². The van der Waals surface area contributed by atoms with Crippen LogP contribution >= 0.6 is 23.2 Å². The first-order chi connectivity index (χ1) is 11.2. The summed E-state index contributed by atoms with van der Waals surface area (Å²) in [5.74, 6) is -0.287. The molecule has 0 radical (unpaired) electrons. The average Bonchev–Trinajstić information content (AvgIpc) is 3.14. The minimum absolute atomic E-state index is 0.0164. The predicted octanol–water partition coefficient (Wildman–Crippen LogP) is 3.77. The van der Waals surface area contributed by atoms with Crippen LogP contribution in [0.25, 0.3) is 0 Å². The summed E-state index contributed by atoms with van der Waals surface area (Å²) in [4.78, 5) is 14.9. The Morgan fingerprint density at radius 1 is 1.33 bits per heavy atom. The number of carbonyl (C=O) groups excluding carboxylic acids is 1. The summed E-state index contributed by atoms with van der Waals surface area (Å²) >= 11 is 12.1. The Morgan fingerprint density at radius 3 is 2.54 bits per heavy atom. The third kappa shape index (κ3) is 4.07. The lowest BCUT2D eigenvalue weighted by atomic mass is 9.85. The highest BCUT2D eigenvalue weighted by molar-refractivity contribution is 6.52. The second kappa shape index (κ2) is 6.51. The molecular formula is C19H26Cl2N2O. The zero-order valence-corrected chi connectivity index (χ0v) is 16.1. The molecule has 0 saturated heterocycles. The number of fused-ring (bicyclic) bond motifs is 1. The highest BCUT2D eigenvalue weighted by Gasteiger charge is 2.56. The minimum Gasteiger partial charge on any atom is -0.351 e. The van der Waals surface area contributed by atoms with Crippen molar-refractivity contribution in [3.05, 3.63) is 35.4 Å². The molecule has 1 aromatic rings. The monoisotopic (exact) mass is 368 g/mol. The molecule has 1 aromatic carbocycles. The van der Waals surface area contributed by atoms with Gasteiger partial charge in [-0.15, -0.1) is 23.2 Å². The third-order valence-corrected chi connectivity index (χ3v) is 5.99. The van der Waals surface area contributed by atoms with Crippen LogP contribution in [-0.4, -0.2) is 34.3 Å². The molecule has 24 heavy (non-hydrogen) atoms. The van der Waals surface area contributed by atoms with Crippen molar-refractivity contribution in [2.45, 2.75) is 50.5 Å². The third-order valence-electron chi connectivity index (χ3n) is 5.15. The summed E-state index contributed by atoms with van der Waals surface area (Å²) in [5.41, 5.74) is 2.81. The smallest absolute Gasteiger partial charge is 0.226 e. The van der Waals surface area contributed by atoms with Crippen LogP contribution in [0.15, 0.2) is 24.3 Å². The van der Waals surface area contributed by atoms with Gasteiger partial charge in [0.05, 0.1) is 5.92 Å². The molecular weight excluding hydrogens is 343 g/mol. The van der Waals surface area contributed by atoms with E-state index in [0.717, 1.165) is 26.1 Å². The molecule has 2 aliphatic rings. The van der Waals surface area contributed by atoms with E-state index in [-0.39, 0.29) is 23.3 Å². The molecule has 1 heterocycles. The Kier molecular flexibility index (Phi) is 4.89. The van der Waals surface area contributed by atoms with Gasteiger partial charge in [-0.05, 0) is 29.4 Å². The van der Waals surface area contributed by atoms with Crippen molar-refractivity contribution in [2.24, 2.45) is 11.3 Å². The van der Waals surface area contributed by atoms with Crippen LogP contribution in [0.1, 0.15) is 38.3 Å². The molecule has 3 nitrogen and oxygen atoms in total. The van der Waals surface area contributed by atoms with E-state index < -0.39 is 4.33 Å². The molecule has 132 valence electrons. The molecule has 5 heteroatoms. The predicted molar refractivity (Wildman–Crippen MR) is 99.4 cm³/mol. The van der Waals surface area contributed by atoms with E-state index in [2.05, 4.69) is 55.3 Å². The van der Waals surface area contributed by atoms with E-state index in [0.29, 0.717) is 6.42 Å². The Hall–Kier alpha value is -0.770. The molecule has 2 unspecified atom stereocenters. The number of nitrogens with one attached hydrogen (secondary N) is 1. The van der Waals surface area contributed by atoms with Crippen LogP contribution in [-0.2, 0) is 17.8 Å². The van der Waals surface area contributed by atoms with E-state index in [4.69, 9.17) is 23.2 Å². The normalized spacial score (nSPS) is 24.1. The van der Waals surface area contributed by atoms with Gasteiger partial charge < -0.3 is 5.32 Å². The summed E-state index contributed by atoms with van der Waals surface area (Å²) in [6, 6.07) is 8.68. The lowest BCUT2D eigenvalue weighted by molar-refractivity contribution is -0.124. The van der Waals surface area contributed by atoms with Gasteiger partial charge in [-0.25, -0.2) is 0 Å². The molecule has 1 aliphatic carbocycles. The average molecular weight is 369 g/mol. The van der Waals surface area contributed by atoms with Crippen LogP contribution in [0.2, 0.25) is 0 Å². The van der Waals surface area contributed by atoms with Crippen molar-refractivity contribution in [3.63, 3.8) is 0 Å². The number of halogens is 2. The highest BCUT2D eigenvalue weighted by atomic mass is 35.5. The Bertz CT molecular complexity index is 624. The van der Waals surface area contributed by atoms with E-state index in [1.807, 2.05) is 0 Å². The number of carbonyl (C=O) groups is 1. The fourth-order valence-electron chi connectivity index (χ4n) is 3.27. The van der Waals surface area contributed by atoms with Gasteiger partial charge in [-0.1, -0.05) is 45.0 Å². The zero-order chi connectivity index (χ0) is 17.5. The summed E-state index contributed by atoms with van der Waals surface area (Å²) in [7, 11) is 0. The Labute approximate surface area is 154 Å². The maximum atomic E-state index is 12.4. The van der Waals surface area contributed by atoms with E-state index in [1.165, 1.54) is 11.1 Å². The van der Waals surface area contributed by atoms with Crippen molar-refractivity contribution in [1.29, 1.82) is 0 Å². The molecule has 3 rings (SSSR count). The molecule has 2 atom stereocenters. The van der Waals surface area contributed by atoms with Crippen LogP contribution in [0.3, 0.4) is 0 Å². The summed E-state index contributed by atoms with van der Waals surface area (Å²) in [6.07, 6.45) is 1.62. The Morgan fingerprint density at radius 2 is 1.96 bits per heavy atom. The van der Waals surface area contributed by atoms with Crippen LogP contribution in [0.4, 0.5) is 0 Å². The van der Waals surface area contributed by atoms with Gasteiger partial charge in [0.25, 0.3) is 0 Å². The summed E-state index contributed by atoms with van der Waals surface area (Å²) < 4.78 is -0.865. The topological polar surface area (TPSA) is 32.3 Å². The van der Waals surface area contributed by atoms with Crippen LogP contribution < -0.4 is 5.32 Å². The van der Waals surface area contributed by atoms with Gasteiger partial charge in [0.2, 0.25) is 5.91 Å². The van der Waals surface area contributed by atoms with E-state index >= 15 is 0 Å². The van der Waals surface area contributed by atoms with Crippen LogP contribution in [0.5, 0.6) is 0 Å². The van der Waals surface area contributed by atoms with Gasteiger partial charge in [0.1, 0.15) is 4.33 Å². The van der Waals surface area contributed by atoms with Crippen molar-refractivity contribution in [3.8, 4) is 0 Å². The second-order valence-electron chi connectivity index (χ2n) is 8.20. The molecule has 1 saturated carbocycles. The van der Waals surface area contributed by atoms with Gasteiger partial charge in [-0.2, -0.15) is 0 Å². The molecule has 0 bridgehead atoms. The SMILES string of the molecule is CC(C)(C)C(CN1CCc2ccccc2C1)NC(=O)C1CC1(Cl)Cl. The lowest BCUT2D eigenvalue weighted by Gasteiger charge is -2.38. The number of nitrogens with zero attached hydrogens (tertiary/aromatic N) is 1. The number of amides is 1. The quantitative estimate of drug-likeness (QED) is 0.820. The fraction of sp³-hybridized carbons (Fsp3) is 0.632. The van der Waals surface area contributed by atoms with Gasteiger partial charge in [-0.3, -0.25) is 9.69 Å². The maximum absolute atomic E-state index is 12.4. The maximum Gasteiger partial charge on any atom is 0.226 e. The van der Waals surface area contributed by atoms with Crippen molar-refractivity contribution >= 4 is 29.1 Å². The number of hydrogen-bond donors (Lipinski definition) is 1. The first-order valence-corrected chi connectivity index (χ1v) is 9.40. The minimum atomic E-state index is -0.865. The van der Waals surface area contributed by atoms with Gasteiger partial charge >= 0.3 is 0 Å². The number of hydrogen-bond acceptors (Lipinski definition) is 2. The standard InChI is InChI=1S/C19H26Cl2N2O/c1-18(2,3)16(22-17(24)15-10-19(15,20)21)12-23-9-8-13-6-4-5-7-14(13)11-23/h4-7,15-16H,8-12H2,1-3H3,(H,22,24). The number of alkyl halides is 2.